The van der Waals surface area contributed by atoms with Crippen molar-refractivity contribution in [1.29, 1.82) is 0 Å². The minimum Gasteiger partial charge on any atom is -0.332 e. The summed E-state index contributed by atoms with van der Waals surface area (Å²) >= 11 is 1.53. The van der Waals surface area contributed by atoms with Gasteiger partial charge >= 0.3 is 6.18 Å². The Labute approximate surface area is 207 Å². The van der Waals surface area contributed by atoms with E-state index < -0.39 is 39.1 Å². The Hall–Kier alpha value is -2.95. The lowest BCUT2D eigenvalue weighted by molar-refractivity contribution is -0.137. The van der Waals surface area contributed by atoms with Crippen molar-refractivity contribution in [2.75, 3.05) is 13.1 Å². The topological polar surface area (TPSA) is 57.7 Å². The van der Waals surface area contributed by atoms with Crippen molar-refractivity contribution >= 4 is 27.3 Å². The second-order valence-electron chi connectivity index (χ2n) is 7.86. The highest BCUT2D eigenvalue weighted by atomic mass is 32.2. The van der Waals surface area contributed by atoms with Crippen LogP contribution in [0.2, 0.25) is 0 Å². The molecule has 10 heteroatoms. The van der Waals surface area contributed by atoms with E-state index in [0.717, 1.165) is 37.8 Å². The zero-order valence-electron chi connectivity index (χ0n) is 19.0. The predicted octanol–water partition coefficient (Wildman–Crippen LogP) is 5.48. The van der Waals surface area contributed by atoms with Gasteiger partial charge in [-0.2, -0.15) is 17.5 Å². The van der Waals surface area contributed by atoms with E-state index in [4.69, 9.17) is 0 Å². The third-order valence-corrected chi connectivity index (χ3v) is 7.95. The highest BCUT2D eigenvalue weighted by Gasteiger charge is 2.33. The molecule has 0 unspecified atom stereocenters. The molecule has 0 aliphatic rings. The van der Waals surface area contributed by atoms with Crippen LogP contribution in [0.1, 0.15) is 20.9 Å². The number of aryl methyl sites for hydroxylation is 1. The summed E-state index contributed by atoms with van der Waals surface area (Å²) in [6, 6.07) is 16.6. The van der Waals surface area contributed by atoms with Crippen LogP contribution in [0.25, 0.3) is 0 Å². The van der Waals surface area contributed by atoms with Crippen molar-refractivity contribution in [2.24, 2.45) is 0 Å². The number of alkyl halides is 3. The van der Waals surface area contributed by atoms with Gasteiger partial charge in [-0.1, -0.05) is 42.5 Å². The molecular formula is C25H25F3N2O3S2. The number of thiophene rings is 1. The number of sulfonamides is 1. The number of nitrogens with zero attached hydrogens (tertiary/aromatic N) is 2. The molecular weight excluding hydrogens is 497 g/mol. The molecule has 0 N–H and O–H groups in total. The van der Waals surface area contributed by atoms with E-state index in [1.165, 1.54) is 17.4 Å². The largest absolute Gasteiger partial charge is 0.416 e. The molecule has 1 heterocycles. The number of benzene rings is 2. The summed E-state index contributed by atoms with van der Waals surface area (Å²) in [7, 11) is -4.40. The van der Waals surface area contributed by atoms with Crippen LogP contribution in [0.4, 0.5) is 13.2 Å². The van der Waals surface area contributed by atoms with E-state index in [1.807, 2.05) is 49.4 Å². The summed E-state index contributed by atoms with van der Waals surface area (Å²) in [6.45, 7) is 5.25. The second kappa shape index (κ2) is 11.2. The van der Waals surface area contributed by atoms with E-state index in [-0.39, 0.29) is 19.6 Å². The molecule has 0 radical (unpaired) electrons. The minimum absolute atomic E-state index is 0.235. The maximum absolute atomic E-state index is 13.4. The van der Waals surface area contributed by atoms with Crippen LogP contribution in [-0.4, -0.2) is 36.6 Å². The van der Waals surface area contributed by atoms with Crippen LogP contribution in [0.5, 0.6) is 0 Å². The molecule has 0 saturated heterocycles. The van der Waals surface area contributed by atoms with Crippen molar-refractivity contribution in [1.82, 2.24) is 9.21 Å². The Morgan fingerprint density at radius 2 is 1.74 bits per heavy atom. The third kappa shape index (κ3) is 7.03. The van der Waals surface area contributed by atoms with E-state index in [2.05, 4.69) is 6.58 Å². The first-order chi connectivity index (χ1) is 16.5. The van der Waals surface area contributed by atoms with Crippen molar-refractivity contribution in [3.05, 3.63) is 100 Å². The fourth-order valence-corrected chi connectivity index (χ4v) is 5.73. The quantitative estimate of drug-likeness (QED) is 0.331. The van der Waals surface area contributed by atoms with E-state index in [9.17, 15) is 26.4 Å². The Bertz CT molecular complexity index is 1270. The van der Waals surface area contributed by atoms with Gasteiger partial charge in [-0.05, 0) is 42.8 Å². The third-order valence-electron chi connectivity index (χ3n) is 5.16. The Balaban J connectivity index is 1.89. The number of carbonyl (C=O) groups excluding carboxylic acids is 1. The number of rotatable bonds is 10. The molecule has 0 bridgehead atoms. The van der Waals surface area contributed by atoms with Gasteiger partial charge in [0.05, 0.1) is 23.5 Å². The van der Waals surface area contributed by atoms with Gasteiger partial charge in [0.15, 0.2) is 0 Å². The summed E-state index contributed by atoms with van der Waals surface area (Å²) in [4.78, 5) is 16.4. The zero-order valence-corrected chi connectivity index (χ0v) is 20.7. The summed E-state index contributed by atoms with van der Waals surface area (Å²) in [5, 5.41) is 0. The maximum atomic E-state index is 13.4. The second-order valence-corrected chi connectivity index (χ2v) is 11.2. The number of amides is 1. The van der Waals surface area contributed by atoms with Gasteiger partial charge in [0.2, 0.25) is 15.9 Å². The molecule has 3 aromatic rings. The summed E-state index contributed by atoms with van der Waals surface area (Å²) in [5.41, 5.74) is -0.215. The number of hydrogen-bond acceptors (Lipinski definition) is 4. The zero-order chi connectivity index (χ0) is 25.6. The highest BCUT2D eigenvalue weighted by molar-refractivity contribution is 7.89. The smallest absolute Gasteiger partial charge is 0.332 e. The summed E-state index contributed by atoms with van der Waals surface area (Å²) in [6.07, 6.45) is -3.40. The first kappa shape index (κ1) is 26.7. The summed E-state index contributed by atoms with van der Waals surface area (Å²) in [5.74, 6) is -0.475. The van der Waals surface area contributed by atoms with Crippen LogP contribution in [-0.2, 0) is 34.1 Å². The fourth-order valence-electron chi connectivity index (χ4n) is 3.42. The normalized spacial score (nSPS) is 12.0. The van der Waals surface area contributed by atoms with Gasteiger partial charge in [-0.15, -0.1) is 17.9 Å². The molecule has 35 heavy (non-hydrogen) atoms. The van der Waals surface area contributed by atoms with Crippen molar-refractivity contribution in [2.45, 2.75) is 31.1 Å². The fraction of sp³-hybridized carbons (Fsp3) is 0.240. The van der Waals surface area contributed by atoms with Gasteiger partial charge in [0, 0.05) is 22.8 Å². The molecule has 186 valence electrons. The molecule has 3 rings (SSSR count). The molecule has 0 saturated carbocycles. The first-order valence-electron chi connectivity index (χ1n) is 10.7. The molecule has 0 aliphatic carbocycles. The maximum Gasteiger partial charge on any atom is 0.416 e. The SMILES string of the molecule is C=CCN(CC(=O)N(Cc1ccccc1)Cc1ccc(C)s1)S(=O)(=O)c1cccc(C(F)(F)F)c1. The van der Waals surface area contributed by atoms with E-state index in [1.54, 1.807) is 4.90 Å². The van der Waals surface area contributed by atoms with Crippen LogP contribution in [0.3, 0.4) is 0 Å². The Morgan fingerprint density at radius 3 is 2.34 bits per heavy atom. The van der Waals surface area contributed by atoms with Gasteiger partial charge in [-0.25, -0.2) is 8.42 Å². The van der Waals surface area contributed by atoms with Crippen molar-refractivity contribution in [3.63, 3.8) is 0 Å². The molecule has 5 nitrogen and oxygen atoms in total. The van der Waals surface area contributed by atoms with E-state index >= 15 is 0 Å². The lowest BCUT2D eigenvalue weighted by Gasteiger charge is -2.27. The monoisotopic (exact) mass is 522 g/mol. The van der Waals surface area contributed by atoms with Crippen LogP contribution in [0, 0.1) is 6.92 Å². The molecule has 1 amide bonds. The molecule has 0 aliphatic heterocycles. The lowest BCUT2D eigenvalue weighted by atomic mass is 10.2. The van der Waals surface area contributed by atoms with E-state index in [0.29, 0.717) is 6.07 Å². The van der Waals surface area contributed by atoms with Gasteiger partial charge in [-0.3, -0.25) is 4.79 Å². The predicted molar refractivity (Wildman–Crippen MR) is 130 cm³/mol. The van der Waals surface area contributed by atoms with Crippen LogP contribution >= 0.6 is 11.3 Å². The molecule has 2 aromatic carbocycles. The standard InChI is InChI=1S/C25H25F3N2O3S2/c1-3-14-30(35(32,33)23-11-7-10-21(15-23)25(26,27)28)18-24(31)29(16-20-8-5-4-6-9-20)17-22-13-12-19(2)34-22/h3-13,15H,1,14,16-18H2,2H3. The molecule has 0 spiro atoms. The average Bonchev–Trinajstić information content (AvgIpc) is 3.23. The van der Waals surface area contributed by atoms with Crippen molar-refractivity contribution in [3.8, 4) is 0 Å². The highest BCUT2D eigenvalue weighted by Crippen LogP contribution is 2.31. The number of hydrogen-bond donors (Lipinski definition) is 0. The molecule has 0 atom stereocenters. The Morgan fingerprint density at radius 1 is 1.03 bits per heavy atom. The first-order valence-corrected chi connectivity index (χ1v) is 12.9. The van der Waals surface area contributed by atoms with Crippen molar-refractivity contribution < 1.29 is 26.4 Å². The number of halogens is 3. The van der Waals surface area contributed by atoms with Gasteiger partial charge in [0.1, 0.15) is 0 Å². The van der Waals surface area contributed by atoms with Gasteiger partial charge in [0.25, 0.3) is 0 Å². The Kier molecular flexibility index (Phi) is 8.52. The molecule has 1 aromatic heterocycles. The minimum atomic E-state index is -4.70. The summed E-state index contributed by atoms with van der Waals surface area (Å²) < 4.78 is 66.7. The number of carbonyl (C=O) groups is 1. The molecule has 0 fully saturated rings. The lowest BCUT2D eigenvalue weighted by Crippen LogP contribution is -2.42. The van der Waals surface area contributed by atoms with Gasteiger partial charge < -0.3 is 4.90 Å². The van der Waals surface area contributed by atoms with Crippen LogP contribution < -0.4 is 0 Å². The van der Waals surface area contributed by atoms with Crippen LogP contribution in [0.15, 0.2) is 84.3 Å². The average molecular weight is 523 g/mol.